The Hall–Kier alpha value is -1.39. The summed E-state index contributed by atoms with van der Waals surface area (Å²) in [5.74, 6) is 1.10. The van der Waals surface area contributed by atoms with Gasteiger partial charge in [-0.25, -0.2) is 0 Å². The summed E-state index contributed by atoms with van der Waals surface area (Å²) in [5, 5.41) is 6.26. The second-order valence-electron chi connectivity index (χ2n) is 6.31. The maximum Gasteiger partial charge on any atom is 0.225 e. The highest BCUT2D eigenvalue weighted by Crippen LogP contribution is 2.18. The molecule has 0 unspecified atom stereocenters. The lowest BCUT2D eigenvalue weighted by atomic mass is 9.95. The Kier molecular flexibility index (Phi) is 4.88. The van der Waals surface area contributed by atoms with Crippen molar-refractivity contribution in [3.8, 4) is 0 Å². The number of nitrogens with zero attached hydrogens (tertiary/aromatic N) is 1. The van der Waals surface area contributed by atoms with E-state index >= 15 is 0 Å². The molecule has 2 N–H and O–H groups in total. The minimum atomic E-state index is 0.211. The number of piperidine rings is 1. The zero-order valence-electron chi connectivity index (χ0n) is 12.6. The topological polar surface area (TPSA) is 44.4 Å². The summed E-state index contributed by atoms with van der Waals surface area (Å²) in [7, 11) is 0. The van der Waals surface area contributed by atoms with Crippen LogP contribution in [0, 0.1) is 11.8 Å². The first kappa shape index (κ1) is 14.5. The van der Waals surface area contributed by atoms with Gasteiger partial charge < -0.3 is 10.6 Å². The number of hydrogen-bond donors (Lipinski definition) is 2. The molecule has 0 aromatic heterocycles. The third kappa shape index (κ3) is 4.05. The Bertz CT molecular complexity index is 450. The fourth-order valence-electron chi connectivity index (χ4n) is 3.05. The van der Waals surface area contributed by atoms with Crippen molar-refractivity contribution in [2.75, 3.05) is 32.7 Å². The Morgan fingerprint density at radius 1 is 1.19 bits per heavy atom. The van der Waals surface area contributed by atoms with Gasteiger partial charge >= 0.3 is 0 Å². The van der Waals surface area contributed by atoms with Gasteiger partial charge in [0.25, 0.3) is 0 Å². The lowest BCUT2D eigenvalue weighted by Gasteiger charge is -2.33. The van der Waals surface area contributed by atoms with E-state index in [2.05, 4.69) is 45.9 Å². The van der Waals surface area contributed by atoms with E-state index in [9.17, 15) is 4.79 Å². The van der Waals surface area contributed by atoms with Gasteiger partial charge in [-0.2, -0.15) is 0 Å². The molecule has 21 heavy (non-hydrogen) atoms. The van der Waals surface area contributed by atoms with E-state index in [1.807, 2.05) is 0 Å². The molecule has 2 fully saturated rings. The third-order valence-corrected chi connectivity index (χ3v) is 4.67. The molecule has 0 radical (unpaired) electrons. The lowest BCUT2D eigenvalue weighted by molar-refractivity contribution is -0.126. The van der Waals surface area contributed by atoms with Gasteiger partial charge in [0.05, 0.1) is 5.92 Å². The predicted octanol–water partition coefficient (Wildman–Crippen LogP) is 1.23. The van der Waals surface area contributed by atoms with E-state index in [0.29, 0.717) is 5.92 Å². The van der Waals surface area contributed by atoms with Crippen molar-refractivity contribution in [1.29, 1.82) is 0 Å². The van der Waals surface area contributed by atoms with Crippen molar-refractivity contribution >= 4 is 5.91 Å². The summed E-state index contributed by atoms with van der Waals surface area (Å²) in [6, 6.07) is 10.7. The fraction of sp³-hybridized carbons (Fsp3) is 0.588. The molecule has 0 spiro atoms. The Morgan fingerprint density at radius 3 is 2.52 bits per heavy atom. The molecule has 1 aromatic carbocycles. The highest BCUT2D eigenvalue weighted by Gasteiger charge is 2.26. The van der Waals surface area contributed by atoms with E-state index in [1.54, 1.807) is 0 Å². The first-order valence-electron chi connectivity index (χ1n) is 8.06. The molecule has 1 amide bonds. The number of benzene rings is 1. The largest absolute Gasteiger partial charge is 0.356 e. The molecule has 0 saturated carbocycles. The first-order valence-corrected chi connectivity index (χ1v) is 8.06. The summed E-state index contributed by atoms with van der Waals surface area (Å²) < 4.78 is 0. The van der Waals surface area contributed by atoms with Gasteiger partial charge in [0.15, 0.2) is 0 Å². The molecule has 1 aromatic rings. The monoisotopic (exact) mass is 287 g/mol. The standard InChI is InChI=1S/C17H25N3O/c21-17(16-11-18-12-16)19-10-14-6-8-20(9-7-14)13-15-4-2-1-3-5-15/h1-5,14,16,18H,6-13H2,(H,19,21). The highest BCUT2D eigenvalue weighted by atomic mass is 16.2. The van der Waals surface area contributed by atoms with E-state index in [0.717, 1.165) is 39.3 Å². The van der Waals surface area contributed by atoms with Crippen molar-refractivity contribution in [3.63, 3.8) is 0 Å². The van der Waals surface area contributed by atoms with Gasteiger partial charge in [-0.1, -0.05) is 30.3 Å². The van der Waals surface area contributed by atoms with Crippen LogP contribution in [0.2, 0.25) is 0 Å². The van der Waals surface area contributed by atoms with Crippen LogP contribution in [0.4, 0.5) is 0 Å². The van der Waals surface area contributed by atoms with Crippen LogP contribution >= 0.6 is 0 Å². The quantitative estimate of drug-likeness (QED) is 0.856. The van der Waals surface area contributed by atoms with Gasteiger partial charge in [0.1, 0.15) is 0 Å². The summed E-state index contributed by atoms with van der Waals surface area (Å²) in [6.45, 7) is 5.88. The van der Waals surface area contributed by atoms with Crippen LogP contribution in [0.15, 0.2) is 30.3 Å². The van der Waals surface area contributed by atoms with E-state index in [1.165, 1.54) is 18.4 Å². The third-order valence-electron chi connectivity index (χ3n) is 4.67. The predicted molar refractivity (Wildman–Crippen MR) is 83.8 cm³/mol. The van der Waals surface area contributed by atoms with Gasteiger partial charge in [-0.3, -0.25) is 9.69 Å². The number of rotatable bonds is 5. The zero-order valence-corrected chi connectivity index (χ0v) is 12.6. The molecular weight excluding hydrogens is 262 g/mol. The summed E-state index contributed by atoms with van der Waals surface area (Å²) in [4.78, 5) is 14.3. The van der Waals surface area contributed by atoms with Crippen molar-refractivity contribution in [2.45, 2.75) is 19.4 Å². The Balaban J connectivity index is 1.36. The molecule has 0 bridgehead atoms. The molecule has 0 aliphatic carbocycles. The van der Waals surface area contributed by atoms with Crippen molar-refractivity contribution in [3.05, 3.63) is 35.9 Å². The number of likely N-dealkylation sites (tertiary alicyclic amines) is 1. The molecule has 2 heterocycles. The fourth-order valence-corrected chi connectivity index (χ4v) is 3.05. The number of amides is 1. The molecule has 4 heteroatoms. The molecule has 0 atom stereocenters. The normalized spacial score (nSPS) is 21.0. The summed E-state index contributed by atoms with van der Waals surface area (Å²) >= 11 is 0. The number of carbonyl (C=O) groups is 1. The second-order valence-corrected chi connectivity index (χ2v) is 6.31. The SMILES string of the molecule is O=C(NCC1CCN(Cc2ccccc2)CC1)C1CNC1. The van der Waals surface area contributed by atoms with Gasteiger partial charge in [0, 0.05) is 26.2 Å². The van der Waals surface area contributed by atoms with Crippen molar-refractivity contribution < 1.29 is 4.79 Å². The minimum absolute atomic E-state index is 0.211. The smallest absolute Gasteiger partial charge is 0.225 e. The van der Waals surface area contributed by atoms with Crippen LogP contribution < -0.4 is 10.6 Å². The summed E-state index contributed by atoms with van der Waals surface area (Å²) in [6.07, 6.45) is 2.38. The molecule has 114 valence electrons. The average molecular weight is 287 g/mol. The zero-order chi connectivity index (χ0) is 14.5. The van der Waals surface area contributed by atoms with Crippen molar-refractivity contribution in [2.24, 2.45) is 11.8 Å². The number of hydrogen-bond acceptors (Lipinski definition) is 3. The van der Waals surface area contributed by atoms with Crippen LogP contribution in [-0.2, 0) is 11.3 Å². The van der Waals surface area contributed by atoms with Crippen LogP contribution in [-0.4, -0.2) is 43.5 Å². The summed E-state index contributed by atoms with van der Waals surface area (Å²) in [5.41, 5.74) is 1.39. The molecule has 2 saturated heterocycles. The lowest BCUT2D eigenvalue weighted by Crippen LogP contribution is -2.51. The van der Waals surface area contributed by atoms with Crippen LogP contribution in [0.5, 0.6) is 0 Å². The average Bonchev–Trinajstić information content (AvgIpc) is 2.46. The Morgan fingerprint density at radius 2 is 1.90 bits per heavy atom. The molecule has 2 aliphatic rings. The van der Waals surface area contributed by atoms with E-state index < -0.39 is 0 Å². The van der Waals surface area contributed by atoms with Crippen LogP contribution in [0.3, 0.4) is 0 Å². The number of nitrogens with one attached hydrogen (secondary N) is 2. The minimum Gasteiger partial charge on any atom is -0.356 e. The first-order chi connectivity index (χ1) is 10.3. The van der Waals surface area contributed by atoms with Crippen LogP contribution in [0.25, 0.3) is 0 Å². The van der Waals surface area contributed by atoms with Gasteiger partial charge in [-0.15, -0.1) is 0 Å². The number of carbonyl (C=O) groups excluding carboxylic acids is 1. The molecular formula is C17H25N3O. The van der Waals surface area contributed by atoms with E-state index in [4.69, 9.17) is 0 Å². The van der Waals surface area contributed by atoms with Gasteiger partial charge in [0.2, 0.25) is 5.91 Å². The van der Waals surface area contributed by atoms with E-state index in [-0.39, 0.29) is 11.8 Å². The maximum absolute atomic E-state index is 11.8. The second kappa shape index (κ2) is 7.05. The maximum atomic E-state index is 11.8. The van der Waals surface area contributed by atoms with Crippen LogP contribution in [0.1, 0.15) is 18.4 Å². The molecule has 3 rings (SSSR count). The molecule has 4 nitrogen and oxygen atoms in total. The van der Waals surface area contributed by atoms with Gasteiger partial charge in [-0.05, 0) is 37.4 Å². The Labute approximate surface area is 126 Å². The molecule has 2 aliphatic heterocycles. The highest BCUT2D eigenvalue weighted by molar-refractivity contribution is 5.79. The van der Waals surface area contributed by atoms with Crippen molar-refractivity contribution in [1.82, 2.24) is 15.5 Å².